The number of benzene rings is 9. The third-order valence-electron chi connectivity index (χ3n) is 12.9. The van der Waals surface area contributed by atoms with Crippen LogP contribution < -0.4 is 0 Å². The molecule has 13 rings (SSSR count). The first kappa shape index (κ1) is 35.4. The zero-order valence-electron chi connectivity index (χ0n) is 34.0. The first-order chi connectivity index (χ1) is 31.2. The molecule has 0 aliphatic heterocycles. The van der Waals surface area contributed by atoms with Crippen LogP contribution in [-0.2, 0) is 5.41 Å². The average molecular weight is 805 g/mol. The molecular weight excluding hydrogens is 769 g/mol. The second kappa shape index (κ2) is 13.8. The molecule has 5 heteroatoms. The van der Waals surface area contributed by atoms with Gasteiger partial charge in [0, 0.05) is 32.7 Å². The lowest BCUT2D eigenvalue weighted by Gasteiger charge is -2.33. The Bertz CT molecular complexity index is 3630. The van der Waals surface area contributed by atoms with Gasteiger partial charge < -0.3 is 4.42 Å². The van der Waals surface area contributed by atoms with E-state index >= 15 is 0 Å². The summed E-state index contributed by atoms with van der Waals surface area (Å²) in [6.07, 6.45) is 0. The van der Waals surface area contributed by atoms with Crippen LogP contribution in [0.15, 0.2) is 223 Å². The molecule has 294 valence electrons. The van der Waals surface area contributed by atoms with Crippen LogP contribution in [0.1, 0.15) is 22.3 Å². The van der Waals surface area contributed by atoms with Gasteiger partial charge in [-0.2, -0.15) is 9.97 Å². The van der Waals surface area contributed by atoms with Gasteiger partial charge in [0.2, 0.25) is 5.95 Å². The van der Waals surface area contributed by atoms with Crippen LogP contribution in [0, 0.1) is 0 Å². The molecule has 0 amide bonds. The van der Waals surface area contributed by atoms with E-state index in [1.807, 2.05) is 60.7 Å². The molecule has 0 saturated heterocycles. The topological polar surface area (TPSA) is 56.7 Å². The molecule has 0 radical (unpaired) electrons. The number of hydrogen-bond acceptors (Lipinski definition) is 4. The van der Waals surface area contributed by atoms with Crippen LogP contribution in [0.25, 0.3) is 94.7 Å². The molecule has 0 unspecified atom stereocenters. The van der Waals surface area contributed by atoms with Crippen LogP contribution in [0.3, 0.4) is 0 Å². The number of furan rings is 1. The number of hydrogen-bond donors (Lipinski definition) is 0. The highest BCUT2D eigenvalue weighted by Gasteiger charge is 2.46. The van der Waals surface area contributed by atoms with Crippen molar-refractivity contribution in [3.05, 3.63) is 241 Å². The molecule has 0 fully saturated rings. The Balaban J connectivity index is 1.02. The van der Waals surface area contributed by atoms with Crippen LogP contribution in [-0.4, -0.2) is 19.5 Å². The summed E-state index contributed by atoms with van der Waals surface area (Å²) in [5.74, 6) is 1.82. The third-order valence-corrected chi connectivity index (χ3v) is 12.9. The van der Waals surface area contributed by atoms with Gasteiger partial charge >= 0.3 is 0 Å². The largest absolute Gasteiger partial charge is 0.456 e. The monoisotopic (exact) mass is 804 g/mol. The summed E-state index contributed by atoms with van der Waals surface area (Å²) >= 11 is 0. The number of nitrogens with zero attached hydrogens (tertiary/aromatic N) is 4. The summed E-state index contributed by atoms with van der Waals surface area (Å²) < 4.78 is 9.07. The summed E-state index contributed by atoms with van der Waals surface area (Å²) in [7, 11) is 0. The second-order valence-corrected chi connectivity index (χ2v) is 16.3. The van der Waals surface area contributed by atoms with Crippen molar-refractivity contribution in [2.45, 2.75) is 5.41 Å². The van der Waals surface area contributed by atoms with Crippen molar-refractivity contribution in [2.75, 3.05) is 0 Å². The summed E-state index contributed by atoms with van der Waals surface area (Å²) in [6.45, 7) is 0. The van der Waals surface area contributed by atoms with E-state index in [0.717, 1.165) is 66.0 Å². The van der Waals surface area contributed by atoms with E-state index < -0.39 is 5.41 Å². The highest BCUT2D eigenvalue weighted by Crippen LogP contribution is 2.57. The highest BCUT2D eigenvalue weighted by molar-refractivity contribution is 6.16. The van der Waals surface area contributed by atoms with Gasteiger partial charge in [-0.1, -0.05) is 182 Å². The molecule has 0 saturated carbocycles. The van der Waals surface area contributed by atoms with Crippen LogP contribution >= 0.6 is 0 Å². The minimum absolute atomic E-state index is 0.508. The standard InChI is InChI=1S/C58H36N4O/c1-5-18-37(19-6-1)55-59-56(38-20-7-2-8-21-38)61-57(60-55)62-50-30-16-14-27-44(50)46-34-39(32-33-51(46)62)42-28-17-31-52-54(42)47-35-45-43-26-13-15-29-48(43)58(40-22-9-3-10-23-40,41-24-11-4-12-25-41)49(45)36-53(47)63-52/h1-36H. The highest BCUT2D eigenvalue weighted by atomic mass is 16.3. The fraction of sp³-hybridized carbons (Fsp3) is 0.0172. The molecule has 0 spiro atoms. The van der Waals surface area contributed by atoms with Gasteiger partial charge in [0.1, 0.15) is 11.2 Å². The Labute approximate surface area is 363 Å². The van der Waals surface area contributed by atoms with Gasteiger partial charge in [-0.3, -0.25) is 4.57 Å². The van der Waals surface area contributed by atoms with Gasteiger partial charge in [0.25, 0.3) is 0 Å². The predicted octanol–water partition coefficient (Wildman–Crippen LogP) is 14.2. The number of rotatable bonds is 6. The van der Waals surface area contributed by atoms with Crippen molar-refractivity contribution < 1.29 is 4.42 Å². The molecule has 0 bridgehead atoms. The van der Waals surface area contributed by atoms with Crippen LogP contribution in [0.4, 0.5) is 0 Å². The van der Waals surface area contributed by atoms with Gasteiger partial charge in [0.05, 0.1) is 16.4 Å². The quantitative estimate of drug-likeness (QED) is 0.168. The minimum atomic E-state index is -0.508. The zero-order valence-corrected chi connectivity index (χ0v) is 34.0. The van der Waals surface area contributed by atoms with Crippen LogP contribution in [0.5, 0.6) is 0 Å². The smallest absolute Gasteiger partial charge is 0.238 e. The van der Waals surface area contributed by atoms with E-state index in [2.05, 4.69) is 162 Å². The van der Waals surface area contributed by atoms with E-state index in [4.69, 9.17) is 19.4 Å². The summed E-state index contributed by atoms with van der Waals surface area (Å²) in [5.41, 5.74) is 14.8. The molecule has 0 atom stereocenters. The van der Waals surface area contributed by atoms with Gasteiger partial charge in [0.15, 0.2) is 11.6 Å². The number of para-hydroxylation sites is 1. The molecule has 3 heterocycles. The first-order valence-corrected chi connectivity index (χ1v) is 21.4. The third kappa shape index (κ3) is 5.27. The maximum Gasteiger partial charge on any atom is 0.238 e. The molecule has 63 heavy (non-hydrogen) atoms. The Hall–Kier alpha value is -8.41. The Kier molecular flexibility index (Phi) is 7.75. The van der Waals surface area contributed by atoms with Crippen molar-refractivity contribution in [3.8, 4) is 51.0 Å². The molecule has 1 aliphatic rings. The van der Waals surface area contributed by atoms with Crippen molar-refractivity contribution in [2.24, 2.45) is 0 Å². The van der Waals surface area contributed by atoms with E-state index in [1.165, 1.54) is 33.4 Å². The van der Waals surface area contributed by atoms with Crippen LogP contribution in [0.2, 0.25) is 0 Å². The second-order valence-electron chi connectivity index (χ2n) is 16.3. The average Bonchev–Trinajstić information content (AvgIpc) is 4.00. The lowest BCUT2D eigenvalue weighted by molar-refractivity contribution is 0.666. The van der Waals surface area contributed by atoms with E-state index in [9.17, 15) is 0 Å². The maximum atomic E-state index is 6.89. The molecule has 3 aromatic heterocycles. The lowest BCUT2D eigenvalue weighted by atomic mass is 9.67. The molecule has 1 aliphatic carbocycles. The summed E-state index contributed by atoms with van der Waals surface area (Å²) in [6, 6.07) is 77.4. The Morgan fingerprint density at radius 3 is 1.65 bits per heavy atom. The lowest BCUT2D eigenvalue weighted by Crippen LogP contribution is -2.28. The van der Waals surface area contributed by atoms with E-state index in [1.54, 1.807) is 0 Å². The zero-order chi connectivity index (χ0) is 41.5. The first-order valence-electron chi connectivity index (χ1n) is 21.4. The minimum Gasteiger partial charge on any atom is -0.456 e. The Morgan fingerprint density at radius 2 is 0.952 bits per heavy atom. The molecule has 0 N–H and O–H groups in total. The predicted molar refractivity (Wildman–Crippen MR) is 255 cm³/mol. The van der Waals surface area contributed by atoms with Gasteiger partial charge in [-0.25, -0.2) is 4.98 Å². The van der Waals surface area contributed by atoms with Gasteiger partial charge in [-0.15, -0.1) is 0 Å². The van der Waals surface area contributed by atoms with Crippen molar-refractivity contribution in [1.29, 1.82) is 0 Å². The van der Waals surface area contributed by atoms with E-state index in [-0.39, 0.29) is 0 Å². The molecule has 5 nitrogen and oxygen atoms in total. The number of aromatic nitrogens is 4. The summed E-state index contributed by atoms with van der Waals surface area (Å²) in [5, 5.41) is 4.43. The normalized spacial score (nSPS) is 12.9. The molecule has 12 aromatic rings. The van der Waals surface area contributed by atoms with Gasteiger partial charge in [-0.05, 0) is 80.9 Å². The SMILES string of the molecule is c1ccc(-c2nc(-c3ccccc3)nc(-n3c4ccccc4c4cc(-c5cccc6oc7cc8c(cc7c56)-c5ccccc5C8(c5ccccc5)c5ccccc5)ccc43)n2)cc1. The van der Waals surface area contributed by atoms with Crippen molar-refractivity contribution in [1.82, 2.24) is 19.5 Å². The molecule has 9 aromatic carbocycles. The van der Waals surface area contributed by atoms with E-state index in [0.29, 0.717) is 17.6 Å². The summed E-state index contributed by atoms with van der Waals surface area (Å²) in [4.78, 5) is 15.3. The Morgan fingerprint density at radius 1 is 0.365 bits per heavy atom. The fourth-order valence-corrected chi connectivity index (χ4v) is 10.3. The van der Waals surface area contributed by atoms with Crippen molar-refractivity contribution in [3.63, 3.8) is 0 Å². The fourth-order valence-electron chi connectivity index (χ4n) is 10.3. The van der Waals surface area contributed by atoms with Crippen molar-refractivity contribution >= 4 is 43.7 Å². The number of fused-ring (bicyclic) bond motifs is 9. The molecular formula is C58H36N4O. The maximum absolute atomic E-state index is 6.89.